The van der Waals surface area contributed by atoms with Crippen molar-refractivity contribution in [1.82, 2.24) is 15.1 Å². The summed E-state index contributed by atoms with van der Waals surface area (Å²) in [6, 6.07) is 0. The smallest absolute Gasteiger partial charge is 0.254 e. The highest BCUT2D eigenvalue weighted by Crippen LogP contribution is 2.17. The summed E-state index contributed by atoms with van der Waals surface area (Å²) in [7, 11) is 1.80. The third-order valence-corrected chi connectivity index (χ3v) is 3.72. The number of primary amides is 1. The second kappa shape index (κ2) is 7.42. The number of carbonyl (C=O) groups is 1. The largest absolute Gasteiger partial charge is 0.378 e. The molecule has 7 heteroatoms. The van der Waals surface area contributed by atoms with Crippen LogP contribution in [0, 0.1) is 6.92 Å². The van der Waals surface area contributed by atoms with Crippen LogP contribution in [0.25, 0.3) is 0 Å². The van der Waals surface area contributed by atoms with Crippen molar-refractivity contribution in [3.05, 3.63) is 11.3 Å². The average molecular weight is 295 g/mol. The van der Waals surface area contributed by atoms with E-state index in [1.165, 1.54) is 0 Å². The number of carbonyl (C=O) groups excluding carboxylic acids is 1. The molecule has 1 fully saturated rings. The van der Waals surface area contributed by atoms with E-state index in [4.69, 9.17) is 10.5 Å². The number of nitrogens with zero attached hydrogens (tertiary/aromatic N) is 2. The summed E-state index contributed by atoms with van der Waals surface area (Å²) in [5.74, 6) is 0.232. The van der Waals surface area contributed by atoms with Gasteiger partial charge in [0.15, 0.2) is 0 Å². The van der Waals surface area contributed by atoms with E-state index in [9.17, 15) is 4.79 Å². The number of rotatable bonds is 7. The number of piperidine rings is 1. The maximum atomic E-state index is 11.4. The first-order chi connectivity index (χ1) is 10.1. The van der Waals surface area contributed by atoms with Crippen molar-refractivity contribution in [1.29, 1.82) is 0 Å². The number of ether oxygens (including phenoxy) is 1. The molecule has 0 bridgehead atoms. The Bertz CT molecular complexity index is 480. The maximum absolute atomic E-state index is 11.4. The minimum atomic E-state index is -0.450. The average Bonchev–Trinajstić information content (AvgIpc) is 2.74. The molecule has 2 rings (SSSR count). The zero-order valence-electron chi connectivity index (χ0n) is 12.8. The van der Waals surface area contributed by atoms with Gasteiger partial charge in [0.1, 0.15) is 11.4 Å². The first-order valence-electron chi connectivity index (χ1n) is 7.49. The van der Waals surface area contributed by atoms with Gasteiger partial charge < -0.3 is 21.1 Å². The quantitative estimate of drug-likeness (QED) is 0.633. The van der Waals surface area contributed by atoms with Gasteiger partial charge in [-0.1, -0.05) is 0 Å². The number of aryl methyl sites for hydroxylation is 2. The van der Waals surface area contributed by atoms with Crippen molar-refractivity contribution in [2.75, 3.05) is 31.6 Å². The minimum absolute atomic E-state index is 0.381. The molecule has 0 spiro atoms. The van der Waals surface area contributed by atoms with E-state index in [1.54, 1.807) is 18.7 Å². The van der Waals surface area contributed by atoms with Gasteiger partial charge in [-0.3, -0.25) is 9.48 Å². The van der Waals surface area contributed by atoms with Crippen LogP contribution < -0.4 is 16.4 Å². The molecule has 2 heterocycles. The van der Waals surface area contributed by atoms with Gasteiger partial charge in [-0.25, -0.2) is 0 Å². The van der Waals surface area contributed by atoms with Gasteiger partial charge in [0.05, 0.1) is 11.8 Å². The minimum Gasteiger partial charge on any atom is -0.378 e. The van der Waals surface area contributed by atoms with Crippen LogP contribution in [0.1, 0.15) is 35.3 Å². The molecule has 4 N–H and O–H groups in total. The molecule has 0 radical (unpaired) electrons. The van der Waals surface area contributed by atoms with E-state index < -0.39 is 5.91 Å². The molecular formula is C14H25N5O2. The number of nitrogens with two attached hydrogens (primary N) is 1. The monoisotopic (exact) mass is 295 g/mol. The van der Waals surface area contributed by atoms with E-state index in [2.05, 4.69) is 15.7 Å². The van der Waals surface area contributed by atoms with Gasteiger partial charge in [0.25, 0.3) is 5.91 Å². The summed E-state index contributed by atoms with van der Waals surface area (Å²) >= 11 is 0. The molecule has 1 saturated heterocycles. The van der Waals surface area contributed by atoms with Gasteiger partial charge in [-0.05, 0) is 39.3 Å². The molecule has 0 aromatic carbocycles. The van der Waals surface area contributed by atoms with Gasteiger partial charge in [0, 0.05) is 20.2 Å². The molecule has 21 heavy (non-hydrogen) atoms. The predicted molar refractivity (Wildman–Crippen MR) is 81.4 cm³/mol. The molecule has 1 aromatic rings. The molecule has 0 aliphatic carbocycles. The summed E-state index contributed by atoms with van der Waals surface area (Å²) in [4.78, 5) is 11.4. The number of hydrogen-bond acceptors (Lipinski definition) is 5. The Morgan fingerprint density at radius 3 is 2.90 bits per heavy atom. The fourth-order valence-corrected chi connectivity index (χ4v) is 2.65. The summed E-state index contributed by atoms with van der Waals surface area (Å²) in [5, 5.41) is 10.8. The van der Waals surface area contributed by atoms with Crippen molar-refractivity contribution in [2.45, 2.75) is 32.3 Å². The lowest BCUT2D eigenvalue weighted by molar-refractivity contribution is 0.0329. The number of nitrogens with one attached hydrogen (secondary N) is 2. The van der Waals surface area contributed by atoms with E-state index >= 15 is 0 Å². The van der Waals surface area contributed by atoms with Crippen LogP contribution >= 0.6 is 0 Å². The van der Waals surface area contributed by atoms with Crippen LogP contribution in [0.5, 0.6) is 0 Å². The number of aromatic nitrogens is 2. The Kier molecular flexibility index (Phi) is 5.58. The normalized spacial score (nSPS) is 16.1. The molecule has 0 saturated carbocycles. The second-order valence-corrected chi connectivity index (χ2v) is 5.40. The lowest BCUT2D eigenvalue weighted by Crippen LogP contribution is -2.32. The van der Waals surface area contributed by atoms with Gasteiger partial charge in [0.2, 0.25) is 0 Å². The Morgan fingerprint density at radius 1 is 1.52 bits per heavy atom. The zero-order chi connectivity index (χ0) is 15.2. The first kappa shape index (κ1) is 15.8. The summed E-state index contributed by atoms with van der Waals surface area (Å²) < 4.78 is 7.50. The van der Waals surface area contributed by atoms with Crippen LogP contribution in [-0.4, -0.2) is 48.0 Å². The van der Waals surface area contributed by atoms with Crippen LogP contribution in [0.4, 0.5) is 5.82 Å². The highest BCUT2D eigenvalue weighted by molar-refractivity contribution is 5.98. The SMILES string of the molecule is Cc1nn(C)c(NCCCOC2CCNCC2)c1C(N)=O. The molecule has 0 unspecified atom stereocenters. The highest BCUT2D eigenvalue weighted by atomic mass is 16.5. The van der Waals surface area contributed by atoms with E-state index in [-0.39, 0.29) is 0 Å². The molecule has 118 valence electrons. The van der Waals surface area contributed by atoms with Crippen LogP contribution in [0.15, 0.2) is 0 Å². The maximum Gasteiger partial charge on any atom is 0.254 e. The van der Waals surface area contributed by atoms with Gasteiger partial charge in [-0.15, -0.1) is 0 Å². The Hall–Kier alpha value is -1.60. The van der Waals surface area contributed by atoms with Crippen LogP contribution in [-0.2, 0) is 11.8 Å². The second-order valence-electron chi connectivity index (χ2n) is 5.40. The Labute approximate surface area is 125 Å². The Balaban J connectivity index is 1.74. The lowest BCUT2D eigenvalue weighted by Gasteiger charge is -2.22. The summed E-state index contributed by atoms with van der Waals surface area (Å²) in [6.45, 7) is 5.31. The third kappa shape index (κ3) is 4.18. The van der Waals surface area contributed by atoms with Crippen LogP contribution in [0.2, 0.25) is 0 Å². The number of anilines is 1. The topological polar surface area (TPSA) is 94.2 Å². The van der Waals surface area contributed by atoms with Gasteiger partial charge >= 0.3 is 0 Å². The molecular weight excluding hydrogens is 270 g/mol. The fraction of sp³-hybridized carbons (Fsp3) is 0.714. The molecule has 1 aliphatic heterocycles. The van der Waals surface area contributed by atoms with Crippen molar-refractivity contribution in [3.63, 3.8) is 0 Å². The predicted octanol–water partition coefficient (Wildman–Crippen LogP) is 0.398. The van der Waals surface area contributed by atoms with Crippen molar-refractivity contribution >= 4 is 11.7 Å². The zero-order valence-corrected chi connectivity index (χ0v) is 12.8. The fourth-order valence-electron chi connectivity index (χ4n) is 2.65. The van der Waals surface area contributed by atoms with Crippen molar-refractivity contribution in [3.8, 4) is 0 Å². The van der Waals surface area contributed by atoms with Gasteiger partial charge in [-0.2, -0.15) is 5.10 Å². The third-order valence-electron chi connectivity index (χ3n) is 3.72. The number of hydrogen-bond donors (Lipinski definition) is 3. The van der Waals surface area contributed by atoms with E-state index in [0.29, 0.717) is 23.2 Å². The van der Waals surface area contributed by atoms with E-state index in [0.717, 1.165) is 45.5 Å². The highest BCUT2D eigenvalue weighted by Gasteiger charge is 2.17. The van der Waals surface area contributed by atoms with Crippen LogP contribution in [0.3, 0.4) is 0 Å². The molecule has 1 amide bonds. The molecule has 1 aromatic heterocycles. The lowest BCUT2D eigenvalue weighted by atomic mass is 10.1. The summed E-state index contributed by atoms with van der Waals surface area (Å²) in [6.07, 6.45) is 3.43. The molecule has 7 nitrogen and oxygen atoms in total. The van der Waals surface area contributed by atoms with Crippen molar-refractivity contribution in [2.24, 2.45) is 12.8 Å². The number of amides is 1. The molecule has 1 aliphatic rings. The Morgan fingerprint density at radius 2 is 2.24 bits per heavy atom. The van der Waals surface area contributed by atoms with E-state index in [1.807, 2.05) is 0 Å². The first-order valence-corrected chi connectivity index (χ1v) is 7.49. The molecule has 0 atom stereocenters. The van der Waals surface area contributed by atoms with Crippen molar-refractivity contribution < 1.29 is 9.53 Å². The standard InChI is InChI=1S/C14H25N5O2/c1-10-12(13(15)20)14(19(2)18-10)17-6-3-9-21-11-4-7-16-8-5-11/h11,16-17H,3-9H2,1-2H3,(H2,15,20). The summed E-state index contributed by atoms with van der Waals surface area (Å²) in [5.41, 5.74) is 6.51.